The predicted molar refractivity (Wildman–Crippen MR) is 97.5 cm³/mol. The van der Waals surface area contributed by atoms with Gasteiger partial charge >= 0.3 is 0 Å². The minimum Gasteiger partial charge on any atom is -0.126 e. The number of aryl methyl sites for hydroxylation is 2. The standard InChI is InChI=1S/C21H20S/c1-17-7-13-21(14-8-17)22-16-15-18-9-11-20(12-10-18)19-5-3-2-4-6-19/h2-14H,15-16H2,1H3. The highest BCUT2D eigenvalue weighted by Crippen LogP contribution is 2.22. The number of hydrogen-bond donors (Lipinski definition) is 0. The van der Waals surface area contributed by atoms with Crippen LogP contribution in [-0.4, -0.2) is 5.75 Å². The van der Waals surface area contributed by atoms with Crippen LogP contribution < -0.4 is 0 Å². The number of thioether (sulfide) groups is 1. The minimum atomic E-state index is 1.10. The van der Waals surface area contributed by atoms with Crippen molar-refractivity contribution in [1.29, 1.82) is 0 Å². The molecule has 0 aliphatic rings. The number of benzene rings is 3. The highest BCUT2D eigenvalue weighted by molar-refractivity contribution is 7.99. The summed E-state index contributed by atoms with van der Waals surface area (Å²) in [5.74, 6) is 1.12. The van der Waals surface area contributed by atoms with Crippen LogP contribution in [0.3, 0.4) is 0 Å². The van der Waals surface area contributed by atoms with Crippen molar-refractivity contribution in [3.05, 3.63) is 90.0 Å². The zero-order valence-electron chi connectivity index (χ0n) is 12.8. The molecule has 22 heavy (non-hydrogen) atoms. The Morgan fingerprint density at radius 3 is 2.00 bits per heavy atom. The van der Waals surface area contributed by atoms with Crippen LogP contribution in [0.4, 0.5) is 0 Å². The fraction of sp³-hybridized carbons (Fsp3) is 0.143. The number of hydrogen-bond acceptors (Lipinski definition) is 1. The largest absolute Gasteiger partial charge is 0.126 e. The molecule has 0 unspecified atom stereocenters. The molecular weight excluding hydrogens is 284 g/mol. The molecule has 0 saturated heterocycles. The van der Waals surface area contributed by atoms with Crippen molar-refractivity contribution >= 4 is 11.8 Å². The van der Waals surface area contributed by atoms with Crippen LogP contribution in [0, 0.1) is 6.92 Å². The van der Waals surface area contributed by atoms with Gasteiger partial charge < -0.3 is 0 Å². The Morgan fingerprint density at radius 2 is 1.32 bits per heavy atom. The molecule has 3 rings (SSSR count). The van der Waals surface area contributed by atoms with Crippen molar-refractivity contribution in [3.63, 3.8) is 0 Å². The second kappa shape index (κ2) is 7.33. The molecule has 0 aromatic heterocycles. The van der Waals surface area contributed by atoms with Gasteiger partial charge in [-0.2, -0.15) is 0 Å². The first-order valence-electron chi connectivity index (χ1n) is 7.65. The van der Waals surface area contributed by atoms with E-state index in [4.69, 9.17) is 0 Å². The molecule has 0 spiro atoms. The molecule has 0 amide bonds. The van der Waals surface area contributed by atoms with Crippen LogP contribution in [0.25, 0.3) is 11.1 Å². The molecule has 0 radical (unpaired) electrons. The van der Waals surface area contributed by atoms with E-state index in [1.54, 1.807) is 0 Å². The van der Waals surface area contributed by atoms with Crippen molar-refractivity contribution in [2.45, 2.75) is 18.2 Å². The molecule has 3 aromatic rings. The van der Waals surface area contributed by atoms with Gasteiger partial charge in [0.2, 0.25) is 0 Å². The van der Waals surface area contributed by atoms with Gasteiger partial charge in [0, 0.05) is 10.6 Å². The molecule has 0 fully saturated rings. The average Bonchev–Trinajstić information content (AvgIpc) is 2.58. The minimum absolute atomic E-state index is 1.10. The monoisotopic (exact) mass is 304 g/mol. The molecule has 0 bridgehead atoms. The van der Waals surface area contributed by atoms with E-state index in [1.807, 2.05) is 11.8 Å². The summed E-state index contributed by atoms with van der Waals surface area (Å²) in [4.78, 5) is 1.35. The van der Waals surface area contributed by atoms with Gasteiger partial charge in [0.1, 0.15) is 0 Å². The highest BCUT2D eigenvalue weighted by atomic mass is 32.2. The van der Waals surface area contributed by atoms with Gasteiger partial charge in [-0.3, -0.25) is 0 Å². The maximum absolute atomic E-state index is 2.25. The fourth-order valence-electron chi connectivity index (χ4n) is 2.42. The molecule has 0 aliphatic heterocycles. The zero-order chi connectivity index (χ0) is 15.2. The van der Waals surface area contributed by atoms with E-state index in [1.165, 1.54) is 27.1 Å². The third kappa shape index (κ3) is 4.02. The van der Waals surface area contributed by atoms with Gasteiger partial charge in [-0.05, 0) is 42.2 Å². The Morgan fingerprint density at radius 1 is 0.682 bits per heavy atom. The third-order valence-corrected chi connectivity index (χ3v) is 4.76. The van der Waals surface area contributed by atoms with Gasteiger partial charge in [0.15, 0.2) is 0 Å². The molecule has 0 saturated carbocycles. The summed E-state index contributed by atoms with van der Waals surface area (Å²) in [6.45, 7) is 2.13. The zero-order valence-corrected chi connectivity index (χ0v) is 13.6. The topological polar surface area (TPSA) is 0 Å². The second-order valence-electron chi connectivity index (χ2n) is 5.47. The lowest BCUT2D eigenvalue weighted by Crippen LogP contribution is -1.89. The number of rotatable bonds is 5. The van der Waals surface area contributed by atoms with Gasteiger partial charge in [-0.25, -0.2) is 0 Å². The van der Waals surface area contributed by atoms with Crippen LogP contribution >= 0.6 is 11.8 Å². The summed E-state index contributed by atoms with van der Waals surface area (Å²) in [6, 6.07) is 28.2. The maximum atomic E-state index is 2.25. The van der Waals surface area contributed by atoms with Crippen LogP contribution in [0.1, 0.15) is 11.1 Å². The van der Waals surface area contributed by atoms with Crippen molar-refractivity contribution in [3.8, 4) is 11.1 Å². The molecule has 110 valence electrons. The Balaban J connectivity index is 1.56. The molecule has 0 atom stereocenters. The van der Waals surface area contributed by atoms with E-state index in [9.17, 15) is 0 Å². The van der Waals surface area contributed by atoms with Gasteiger partial charge in [-0.15, -0.1) is 11.8 Å². The van der Waals surface area contributed by atoms with Gasteiger partial charge in [0.05, 0.1) is 0 Å². The summed E-state index contributed by atoms with van der Waals surface area (Å²) < 4.78 is 0. The van der Waals surface area contributed by atoms with Crippen LogP contribution in [0.5, 0.6) is 0 Å². The lowest BCUT2D eigenvalue weighted by molar-refractivity contribution is 1.15. The van der Waals surface area contributed by atoms with Crippen molar-refractivity contribution in [1.82, 2.24) is 0 Å². The maximum Gasteiger partial charge on any atom is 0.00722 e. The molecule has 0 N–H and O–H groups in total. The van der Waals surface area contributed by atoms with Gasteiger partial charge in [-0.1, -0.05) is 72.3 Å². The van der Waals surface area contributed by atoms with E-state index in [-0.39, 0.29) is 0 Å². The Bertz CT molecular complexity index is 697. The molecule has 1 heteroatoms. The van der Waals surface area contributed by atoms with E-state index in [0.717, 1.165) is 12.2 Å². The average molecular weight is 304 g/mol. The quantitative estimate of drug-likeness (QED) is 0.521. The first-order valence-corrected chi connectivity index (χ1v) is 8.64. The highest BCUT2D eigenvalue weighted by Gasteiger charge is 1.99. The van der Waals surface area contributed by atoms with Crippen molar-refractivity contribution in [2.24, 2.45) is 0 Å². The second-order valence-corrected chi connectivity index (χ2v) is 6.64. The first kappa shape index (κ1) is 14.9. The summed E-state index contributed by atoms with van der Waals surface area (Å²) in [6.07, 6.45) is 1.10. The summed E-state index contributed by atoms with van der Waals surface area (Å²) >= 11 is 1.92. The Labute approximate surface area is 137 Å². The van der Waals surface area contributed by atoms with E-state index >= 15 is 0 Å². The Kier molecular flexibility index (Phi) is 4.97. The third-order valence-electron chi connectivity index (χ3n) is 3.74. The first-order chi connectivity index (χ1) is 10.8. The SMILES string of the molecule is Cc1ccc(SCCc2ccc(-c3ccccc3)cc2)cc1. The molecular formula is C21H20S. The lowest BCUT2D eigenvalue weighted by Gasteiger charge is -2.05. The molecule has 0 nitrogen and oxygen atoms in total. The summed E-state index contributed by atoms with van der Waals surface area (Å²) in [5, 5.41) is 0. The van der Waals surface area contributed by atoms with Crippen LogP contribution in [0.15, 0.2) is 83.8 Å². The fourth-order valence-corrected chi connectivity index (χ4v) is 3.32. The smallest absolute Gasteiger partial charge is 0.00722 e. The van der Waals surface area contributed by atoms with Crippen LogP contribution in [0.2, 0.25) is 0 Å². The van der Waals surface area contributed by atoms with Crippen molar-refractivity contribution < 1.29 is 0 Å². The van der Waals surface area contributed by atoms with E-state index in [2.05, 4.69) is 85.8 Å². The summed E-state index contributed by atoms with van der Waals surface area (Å²) in [5.41, 5.74) is 5.29. The molecule has 0 heterocycles. The van der Waals surface area contributed by atoms with Crippen LogP contribution in [-0.2, 0) is 6.42 Å². The molecule has 0 aliphatic carbocycles. The van der Waals surface area contributed by atoms with E-state index < -0.39 is 0 Å². The summed E-state index contributed by atoms with van der Waals surface area (Å²) in [7, 11) is 0. The lowest BCUT2D eigenvalue weighted by atomic mass is 10.0. The van der Waals surface area contributed by atoms with Gasteiger partial charge in [0.25, 0.3) is 0 Å². The normalized spacial score (nSPS) is 10.6. The Hall–Kier alpha value is -1.99. The van der Waals surface area contributed by atoms with Crippen molar-refractivity contribution in [2.75, 3.05) is 5.75 Å². The van der Waals surface area contributed by atoms with E-state index in [0.29, 0.717) is 0 Å². The predicted octanol–water partition coefficient (Wildman–Crippen LogP) is 6.00. The molecule has 3 aromatic carbocycles.